The summed E-state index contributed by atoms with van der Waals surface area (Å²) in [5.41, 5.74) is 1.71. The molecule has 0 spiro atoms. The fourth-order valence-electron chi connectivity index (χ4n) is 4.37. The molecule has 0 aliphatic carbocycles. The van der Waals surface area contributed by atoms with Crippen molar-refractivity contribution in [3.8, 4) is 11.3 Å². The highest BCUT2D eigenvalue weighted by Gasteiger charge is 2.31. The van der Waals surface area contributed by atoms with Gasteiger partial charge in [0.15, 0.2) is 0 Å². The first-order valence-corrected chi connectivity index (χ1v) is 11.8. The van der Waals surface area contributed by atoms with Crippen LogP contribution in [0.1, 0.15) is 44.0 Å². The number of pyridine rings is 1. The average Bonchev–Trinajstić information content (AvgIpc) is 3.30. The van der Waals surface area contributed by atoms with Crippen LogP contribution in [0.5, 0.6) is 0 Å². The van der Waals surface area contributed by atoms with Crippen molar-refractivity contribution < 1.29 is 9.59 Å². The molecule has 1 aliphatic heterocycles. The van der Waals surface area contributed by atoms with Crippen molar-refractivity contribution in [2.24, 2.45) is 5.92 Å². The number of imidazole rings is 1. The van der Waals surface area contributed by atoms with E-state index in [4.69, 9.17) is 0 Å². The lowest BCUT2D eigenvalue weighted by atomic mass is 9.99. The number of nitrogens with one attached hydrogen (secondary N) is 4. The number of carbonyl (C=O) groups is 2. The third-order valence-electron chi connectivity index (χ3n) is 6.40. The number of hydrogen-bond acceptors (Lipinski definition) is 5. The second-order valence-corrected chi connectivity index (χ2v) is 9.03. The number of rotatable bonds is 10. The Morgan fingerprint density at radius 2 is 1.97 bits per heavy atom. The molecular formula is C25H32N6O3. The van der Waals surface area contributed by atoms with E-state index in [1.54, 1.807) is 13.2 Å². The fourth-order valence-corrected chi connectivity index (χ4v) is 4.37. The molecule has 1 saturated heterocycles. The van der Waals surface area contributed by atoms with Gasteiger partial charge in [0.05, 0.1) is 29.4 Å². The Bertz CT molecular complexity index is 1210. The van der Waals surface area contributed by atoms with E-state index in [1.807, 2.05) is 37.4 Å². The van der Waals surface area contributed by atoms with Crippen LogP contribution in [0.2, 0.25) is 0 Å². The molecule has 1 aromatic carbocycles. The fraction of sp³-hybridized carbons (Fsp3) is 0.440. The molecule has 9 nitrogen and oxygen atoms in total. The summed E-state index contributed by atoms with van der Waals surface area (Å²) in [5, 5.41) is 6.72. The van der Waals surface area contributed by atoms with Gasteiger partial charge >= 0.3 is 0 Å². The van der Waals surface area contributed by atoms with Gasteiger partial charge in [0.2, 0.25) is 11.8 Å². The smallest absolute Gasteiger partial charge is 0.257 e. The van der Waals surface area contributed by atoms with Crippen molar-refractivity contribution in [3.05, 3.63) is 52.7 Å². The Hall–Kier alpha value is -3.46. The van der Waals surface area contributed by atoms with Crippen LogP contribution in [0, 0.1) is 5.92 Å². The monoisotopic (exact) mass is 464 g/mol. The number of nitrogens with zero attached hydrogens (tertiary/aromatic N) is 2. The van der Waals surface area contributed by atoms with Crippen LogP contribution >= 0.6 is 0 Å². The van der Waals surface area contributed by atoms with Gasteiger partial charge in [0.1, 0.15) is 5.82 Å². The molecule has 3 heterocycles. The maximum absolute atomic E-state index is 12.8. The maximum atomic E-state index is 12.8. The van der Waals surface area contributed by atoms with Gasteiger partial charge < -0.3 is 25.5 Å². The van der Waals surface area contributed by atoms with E-state index in [0.29, 0.717) is 29.9 Å². The van der Waals surface area contributed by atoms with E-state index in [0.717, 1.165) is 43.3 Å². The van der Waals surface area contributed by atoms with Crippen LogP contribution in [-0.4, -0.2) is 58.9 Å². The number of carbonyl (C=O) groups excluding carboxylic acids is 2. The number of likely N-dealkylation sites (tertiary alicyclic amines) is 1. The highest BCUT2D eigenvalue weighted by atomic mass is 16.2. The van der Waals surface area contributed by atoms with E-state index in [2.05, 4.69) is 30.5 Å². The van der Waals surface area contributed by atoms with Gasteiger partial charge in [-0.25, -0.2) is 4.98 Å². The quantitative estimate of drug-likeness (QED) is 0.343. The molecule has 0 saturated carbocycles. The summed E-state index contributed by atoms with van der Waals surface area (Å²) < 4.78 is 0. The summed E-state index contributed by atoms with van der Waals surface area (Å²) in [6.07, 6.45) is 5.36. The van der Waals surface area contributed by atoms with Crippen molar-refractivity contribution in [1.82, 2.24) is 30.5 Å². The predicted molar refractivity (Wildman–Crippen MR) is 131 cm³/mol. The molecule has 34 heavy (non-hydrogen) atoms. The first-order chi connectivity index (χ1) is 16.4. The SMILES string of the molecule is CNC(=O)CCCCC[C@H](NC(=O)C1CN(C)C1)c1ncc(-c2cc3ccccc3[nH]c2=O)[nH]1. The number of amides is 2. The van der Waals surface area contributed by atoms with E-state index in [1.165, 1.54) is 0 Å². The van der Waals surface area contributed by atoms with Crippen LogP contribution in [0.4, 0.5) is 0 Å². The number of aromatic nitrogens is 3. The van der Waals surface area contributed by atoms with Crippen molar-refractivity contribution in [3.63, 3.8) is 0 Å². The predicted octanol–water partition coefficient (Wildman–Crippen LogP) is 2.33. The topological polar surface area (TPSA) is 123 Å². The average molecular weight is 465 g/mol. The lowest BCUT2D eigenvalue weighted by Gasteiger charge is -2.35. The molecule has 1 atom stereocenters. The molecule has 3 aromatic rings. The molecular weight excluding hydrogens is 432 g/mol. The number of para-hydroxylation sites is 1. The summed E-state index contributed by atoms with van der Waals surface area (Å²) in [5.74, 6) is 0.679. The second kappa shape index (κ2) is 10.6. The molecule has 0 radical (unpaired) electrons. The molecule has 2 amide bonds. The Morgan fingerprint density at radius 3 is 2.74 bits per heavy atom. The van der Waals surface area contributed by atoms with Gasteiger partial charge in [-0.1, -0.05) is 31.0 Å². The van der Waals surface area contributed by atoms with Crippen molar-refractivity contribution in [1.29, 1.82) is 0 Å². The van der Waals surface area contributed by atoms with Crippen LogP contribution in [0.25, 0.3) is 22.2 Å². The molecule has 0 bridgehead atoms. The number of fused-ring (bicyclic) bond motifs is 1. The van der Waals surface area contributed by atoms with Crippen molar-refractivity contribution >= 4 is 22.7 Å². The zero-order valence-electron chi connectivity index (χ0n) is 19.7. The maximum Gasteiger partial charge on any atom is 0.257 e. The molecule has 4 N–H and O–H groups in total. The minimum atomic E-state index is -0.285. The number of benzene rings is 1. The zero-order valence-corrected chi connectivity index (χ0v) is 19.7. The molecule has 180 valence electrons. The van der Waals surface area contributed by atoms with E-state index >= 15 is 0 Å². The zero-order chi connectivity index (χ0) is 24.1. The minimum absolute atomic E-state index is 0.0153. The molecule has 4 rings (SSSR count). The van der Waals surface area contributed by atoms with Crippen molar-refractivity contribution in [2.75, 3.05) is 27.2 Å². The first-order valence-electron chi connectivity index (χ1n) is 11.8. The minimum Gasteiger partial charge on any atom is -0.359 e. The van der Waals surface area contributed by atoms with E-state index in [-0.39, 0.29) is 29.3 Å². The normalized spacial score (nSPS) is 15.1. The third-order valence-corrected chi connectivity index (χ3v) is 6.40. The summed E-state index contributed by atoms with van der Waals surface area (Å²) in [6.45, 7) is 1.50. The van der Waals surface area contributed by atoms with E-state index < -0.39 is 0 Å². The number of aromatic amines is 2. The Labute approximate surface area is 198 Å². The number of hydrogen-bond donors (Lipinski definition) is 4. The van der Waals surface area contributed by atoms with Gasteiger partial charge in [-0.3, -0.25) is 14.4 Å². The van der Waals surface area contributed by atoms with Gasteiger partial charge in [-0.15, -0.1) is 0 Å². The standard InChI is InChI=1S/C25H32N6O3/c1-26-22(32)11-5-3-4-10-20(30-24(33)17-14-31(2)15-17)23-27-13-21(28-23)18-12-16-8-6-7-9-19(16)29-25(18)34/h6-9,12-13,17,20H,3-5,10-11,14-15H2,1-2H3,(H,26,32)(H,27,28)(H,29,34)(H,30,33)/t20-/m0/s1. The Morgan fingerprint density at radius 1 is 1.18 bits per heavy atom. The summed E-state index contributed by atoms with van der Waals surface area (Å²) >= 11 is 0. The summed E-state index contributed by atoms with van der Waals surface area (Å²) in [4.78, 5) is 49.7. The lowest BCUT2D eigenvalue weighted by Crippen LogP contribution is -2.52. The number of unbranched alkanes of at least 4 members (excludes halogenated alkanes) is 2. The van der Waals surface area contributed by atoms with Gasteiger partial charge in [-0.05, 0) is 37.4 Å². The molecule has 0 unspecified atom stereocenters. The molecule has 1 aliphatic rings. The van der Waals surface area contributed by atoms with Gasteiger partial charge in [-0.2, -0.15) is 0 Å². The first kappa shape index (κ1) is 23.7. The van der Waals surface area contributed by atoms with Crippen LogP contribution in [-0.2, 0) is 9.59 Å². The third kappa shape index (κ3) is 5.53. The van der Waals surface area contributed by atoms with Crippen LogP contribution in [0.15, 0.2) is 41.3 Å². The van der Waals surface area contributed by atoms with Crippen molar-refractivity contribution in [2.45, 2.75) is 38.1 Å². The van der Waals surface area contributed by atoms with Crippen LogP contribution < -0.4 is 16.2 Å². The summed E-state index contributed by atoms with van der Waals surface area (Å²) in [7, 11) is 3.63. The highest BCUT2D eigenvalue weighted by molar-refractivity contribution is 5.83. The van der Waals surface area contributed by atoms with Gasteiger partial charge in [0.25, 0.3) is 5.56 Å². The Kier molecular flexibility index (Phi) is 7.42. The largest absolute Gasteiger partial charge is 0.359 e. The summed E-state index contributed by atoms with van der Waals surface area (Å²) in [6, 6.07) is 9.19. The lowest BCUT2D eigenvalue weighted by molar-refractivity contribution is -0.130. The Balaban J connectivity index is 1.49. The van der Waals surface area contributed by atoms with Gasteiger partial charge in [0, 0.05) is 32.1 Å². The second-order valence-electron chi connectivity index (χ2n) is 9.03. The van der Waals surface area contributed by atoms with Crippen LogP contribution in [0.3, 0.4) is 0 Å². The van der Waals surface area contributed by atoms with E-state index in [9.17, 15) is 14.4 Å². The molecule has 2 aromatic heterocycles. The number of H-pyrrole nitrogens is 2. The highest BCUT2D eigenvalue weighted by Crippen LogP contribution is 2.24. The molecule has 1 fully saturated rings. The molecule has 9 heteroatoms.